The van der Waals surface area contributed by atoms with Crippen LogP contribution >= 0.6 is 11.6 Å². The Kier molecular flexibility index (Phi) is 6.27. The van der Waals surface area contributed by atoms with Gasteiger partial charge < -0.3 is 14.9 Å². The summed E-state index contributed by atoms with van der Waals surface area (Å²) < 4.78 is 11.2. The van der Waals surface area contributed by atoms with Gasteiger partial charge in [-0.25, -0.2) is 4.79 Å². The maximum absolute atomic E-state index is 11.5. The summed E-state index contributed by atoms with van der Waals surface area (Å²) in [6, 6.07) is 17.4. The van der Waals surface area contributed by atoms with Crippen LogP contribution in [0.3, 0.4) is 0 Å². The Balaban J connectivity index is 1.88. The van der Waals surface area contributed by atoms with Crippen LogP contribution in [-0.2, 0) is 19.9 Å². The van der Waals surface area contributed by atoms with Gasteiger partial charge in [0, 0.05) is 16.7 Å². The van der Waals surface area contributed by atoms with Crippen molar-refractivity contribution in [2.24, 2.45) is 5.10 Å². The zero-order valence-electron chi connectivity index (χ0n) is 15.0. The van der Waals surface area contributed by atoms with Crippen LogP contribution in [0.2, 0.25) is 5.02 Å². The van der Waals surface area contributed by atoms with Crippen LogP contribution in [0.25, 0.3) is 0 Å². The number of ether oxygens (including phenoxy) is 2. The Labute approximate surface area is 163 Å². The van der Waals surface area contributed by atoms with Crippen molar-refractivity contribution in [1.29, 1.82) is 0 Å². The standard InChI is InChI=1S/C21H21ClN2O3/c1-2-26-19(25)9-6-14-27-21(17-7-4-3-5-8-17)15-23-24-20(21)16-10-12-18(22)13-11-16/h3-13,23H,2,14-15H2,1H3/b9-6-. The number of carbonyl (C=O) groups excluding carboxylic acids is 1. The molecule has 140 valence electrons. The summed E-state index contributed by atoms with van der Waals surface area (Å²) in [7, 11) is 0. The Bertz CT molecular complexity index is 834. The van der Waals surface area contributed by atoms with E-state index >= 15 is 0 Å². The maximum Gasteiger partial charge on any atom is 0.330 e. The first kappa shape index (κ1) is 19.1. The second-order valence-corrected chi connectivity index (χ2v) is 6.40. The summed E-state index contributed by atoms with van der Waals surface area (Å²) in [4.78, 5) is 11.5. The molecule has 1 unspecified atom stereocenters. The van der Waals surface area contributed by atoms with E-state index in [-0.39, 0.29) is 12.6 Å². The minimum Gasteiger partial charge on any atom is -0.463 e. The highest BCUT2D eigenvalue weighted by atomic mass is 35.5. The van der Waals surface area contributed by atoms with E-state index in [4.69, 9.17) is 21.1 Å². The molecule has 1 aliphatic rings. The van der Waals surface area contributed by atoms with Crippen LogP contribution in [0, 0.1) is 0 Å². The molecule has 0 aromatic heterocycles. The van der Waals surface area contributed by atoms with Crippen molar-refractivity contribution in [2.45, 2.75) is 12.5 Å². The number of nitrogens with zero attached hydrogens (tertiary/aromatic N) is 1. The van der Waals surface area contributed by atoms with Gasteiger partial charge in [-0.3, -0.25) is 0 Å². The number of hydrazone groups is 1. The fourth-order valence-electron chi connectivity index (χ4n) is 2.98. The molecule has 1 N–H and O–H groups in total. The monoisotopic (exact) mass is 384 g/mol. The van der Waals surface area contributed by atoms with Gasteiger partial charge in [0.15, 0.2) is 5.60 Å². The van der Waals surface area contributed by atoms with Gasteiger partial charge in [0.1, 0.15) is 5.71 Å². The summed E-state index contributed by atoms with van der Waals surface area (Å²) >= 11 is 6.02. The van der Waals surface area contributed by atoms with Gasteiger partial charge in [-0.1, -0.05) is 60.1 Å². The van der Waals surface area contributed by atoms with E-state index < -0.39 is 5.60 Å². The lowest BCUT2D eigenvalue weighted by atomic mass is 9.85. The molecule has 1 atom stereocenters. The van der Waals surface area contributed by atoms with E-state index in [9.17, 15) is 4.79 Å². The van der Waals surface area contributed by atoms with Crippen molar-refractivity contribution in [3.05, 3.63) is 82.9 Å². The summed E-state index contributed by atoms with van der Waals surface area (Å²) in [6.45, 7) is 2.84. The van der Waals surface area contributed by atoms with E-state index in [0.717, 1.165) is 16.8 Å². The normalized spacial score (nSPS) is 19.0. The SMILES string of the molecule is CCOC(=O)/C=C\COC1(c2ccccc2)CNN=C1c1ccc(Cl)cc1. The molecule has 0 saturated heterocycles. The van der Waals surface area contributed by atoms with Crippen LogP contribution < -0.4 is 5.43 Å². The van der Waals surface area contributed by atoms with Gasteiger partial charge in [-0.15, -0.1) is 0 Å². The molecular formula is C21H21ClN2O3. The lowest BCUT2D eigenvalue weighted by molar-refractivity contribution is -0.137. The topological polar surface area (TPSA) is 59.9 Å². The van der Waals surface area contributed by atoms with Crippen LogP contribution in [0.4, 0.5) is 0 Å². The van der Waals surface area contributed by atoms with Gasteiger partial charge in [-0.05, 0) is 24.6 Å². The van der Waals surface area contributed by atoms with Crippen molar-refractivity contribution >= 4 is 23.3 Å². The predicted octanol–water partition coefficient (Wildman–Crippen LogP) is 3.68. The molecule has 0 amide bonds. The van der Waals surface area contributed by atoms with Crippen molar-refractivity contribution in [3.8, 4) is 0 Å². The number of hydrogen-bond acceptors (Lipinski definition) is 5. The Hall–Kier alpha value is -2.63. The zero-order chi connectivity index (χ0) is 19.1. The third-order valence-corrected chi connectivity index (χ3v) is 4.48. The predicted molar refractivity (Wildman–Crippen MR) is 106 cm³/mol. The smallest absolute Gasteiger partial charge is 0.330 e. The first-order valence-corrected chi connectivity index (χ1v) is 9.13. The highest BCUT2D eigenvalue weighted by Gasteiger charge is 2.43. The molecule has 6 heteroatoms. The molecule has 1 aliphatic heterocycles. The molecule has 0 fully saturated rings. The fraction of sp³-hybridized carbons (Fsp3) is 0.238. The van der Waals surface area contributed by atoms with Crippen LogP contribution in [0.15, 0.2) is 71.9 Å². The van der Waals surface area contributed by atoms with E-state index in [2.05, 4.69) is 10.5 Å². The van der Waals surface area contributed by atoms with Crippen molar-refractivity contribution in [2.75, 3.05) is 19.8 Å². The van der Waals surface area contributed by atoms with Gasteiger partial charge in [0.05, 0.1) is 19.8 Å². The van der Waals surface area contributed by atoms with Gasteiger partial charge in [0.25, 0.3) is 0 Å². The number of halogens is 1. The zero-order valence-corrected chi connectivity index (χ0v) is 15.8. The summed E-state index contributed by atoms with van der Waals surface area (Å²) in [5, 5.41) is 5.15. The lowest BCUT2D eigenvalue weighted by Crippen LogP contribution is -2.41. The van der Waals surface area contributed by atoms with E-state index in [1.807, 2.05) is 54.6 Å². The molecule has 0 radical (unpaired) electrons. The van der Waals surface area contributed by atoms with Crippen LogP contribution in [-0.4, -0.2) is 31.4 Å². The number of esters is 1. The molecule has 0 spiro atoms. The highest BCUT2D eigenvalue weighted by Crippen LogP contribution is 2.33. The summed E-state index contributed by atoms with van der Waals surface area (Å²) in [5.74, 6) is -0.383. The van der Waals surface area contributed by atoms with E-state index in [0.29, 0.717) is 18.2 Å². The minimum absolute atomic E-state index is 0.238. The van der Waals surface area contributed by atoms with Gasteiger partial charge in [0.2, 0.25) is 0 Å². The van der Waals surface area contributed by atoms with Crippen LogP contribution in [0.1, 0.15) is 18.1 Å². The highest BCUT2D eigenvalue weighted by molar-refractivity contribution is 6.30. The minimum atomic E-state index is -0.770. The van der Waals surface area contributed by atoms with Crippen molar-refractivity contribution in [1.82, 2.24) is 5.43 Å². The third-order valence-electron chi connectivity index (χ3n) is 4.23. The largest absolute Gasteiger partial charge is 0.463 e. The molecule has 2 aromatic carbocycles. The lowest BCUT2D eigenvalue weighted by Gasteiger charge is -2.30. The van der Waals surface area contributed by atoms with E-state index in [1.54, 1.807) is 13.0 Å². The Morgan fingerprint density at radius 3 is 2.67 bits per heavy atom. The maximum atomic E-state index is 11.5. The quantitative estimate of drug-likeness (QED) is 0.584. The fourth-order valence-corrected chi connectivity index (χ4v) is 3.11. The van der Waals surface area contributed by atoms with E-state index in [1.165, 1.54) is 6.08 Å². The molecule has 27 heavy (non-hydrogen) atoms. The second kappa shape index (κ2) is 8.84. The molecule has 0 saturated carbocycles. The molecule has 0 aliphatic carbocycles. The summed E-state index contributed by atoms with van der Waals surface area (Å²) in [6.07, 6.45) is 3.03. The molecule has 5 nitrogen and oxygen atoms in total. The number of rotatable bonds is 7. The number of hydrogen-bond donors (Lipinski definition) is 1. The van der Waals surface area contributed by atoms with Crippen molar-refractivity contribution < 1.29 is 14.3 Å². The first-order valence-electron chi connectivity index (χ1n) is 8.75. The number of benzene rings is 2. The molecule has 3 rings (SSSR count). The second-order valence-electron chi connectivity index (χ2n) is 5.96. The first-order chi connectivity index (χ1) is 13.2. The average Bonchev–Trinajstić information content (AvgIpc) is 3.12. The average molecular weight is 385 g/mol. The van der Waals surface area contributed by atoms with Gasteiger partial charge >= 0.3 is 5.97 Å². The number of carbonyl (C=O) groups is 1. The molecule has 0 bridgehead atoms. The Morgan fingerprint density at radius 1 is 1.22 bits per heavy atom. The number of nitrogens with one attached hydrogen (secondary N) is 1. The van der Waals surface area contributed by atoms with Crippen molar-refractivity contribution in [3.63, 3.8) is 0 Å². The van der Waals surface area contributed by atoms with Crippen LogP contribution in [0.5, 0.6) is 0 Å². The molecule has 2 aromatic rings. The van der Waals surface area contributed by atoms with Gasteiger partial charge in [-0.2, -0.15) is 5.10 Å². The third kappa shape index (κ3) is 4.38. The molecular weight excluding hydrogens is 364 g/mol. The molecule has 1 heterocycles. The Morgan fingerprint density at radius 2 is 1.96 bits per heavy atom. The summed E-state index contributed by atoms with van der Waals surface area (Å²) in [5.41, 5.74) is 4.96.